The van der Waals surface area contributed by atoms with Gasteiger partial charge in [0.2, 0.25) is 17.8 Å². The van der Waals surface area contributed by atoms with Gasteiger partial charge >= 0.3 is 7.82 Å². The van der Waals surface area contributed by atoms with E-state index in [-0.39, 0.29) is 35.4 Å². The molecule has 0 spiro atoms. The lowest BCUT2D eigenvalue weighted by atomic mass is 10.0. The van der Waals surface area contributed by atoms with Crippen molar-refractivity contribution in [3.63, 3.8) is 0 Å². The molecule has 0 unspecified atom stereocenters. The zero-order chi connectivity index (χ0) is 44.7. The zero-order valence-corrected chi connectivity index (χ0v) is 33.4. The van der Waals surface area contributed by atoms with Gasteiger partial charge in [-0.1, -0.05) is 91.0 Å². The Morgan fingerprint density at radius 2 is 0.694 bits per heavy atom. The lowest BCUT2D eigenvalue weighted by Crippen LogP contribution is -2.45. The van der Waals surface area contributed by atoms with E-state index in [1.807, 2.05) is 91.0 Å². The first-order valence-electron chi connectivity index (χ1n) is 18.0. The molecule has 6 heterocycles. The zero-order valence-electron chi connectivity index (χ0n) is 32.5. The van der Waals surface area contributed by atoms with Crippen LogP contribution < -0.4 is 50.7 Å². The fourth-order valence-corrected chi connectivity index (χ4v) is 6.05. The number of nitrogens with two attached hydrogens (primary N) is 6. The van der Waals surface area contributed by atoms with E-state index in [1.165, 1.54) is 15.0 Å². The van der Waals surface area contributed by atoms with Crippen LogP contribution in [0.25, 0.3) is 33.8 Å². The summed E-state index contributed by atoms with van der Waals surface area (Å²) >= 11 is 0. The molecule has 3 aliphatic rings. The van der Waals surface area contributed by atoms with E-state index in [2.05, 4.69) is 45.9 Å². The molecule has 26 heteroatoms. The fraction of sp³-hybridized carbons (Fsp3) is 0.0833. The number of nitrogens with zero attached hydrogens (tertiary/aromatic N) is 9. The Morgan fingerprint density at radius 1 is 0.468 bits per heavy atom. The van der Waals surface area contributed by atoms with Gasteiger partial charge in [-0.25, -0.2) is 37.0 Å². The average Bonchev–Trinajstić information content (AvgIpc) is 3.25. The van der Waals surface area contributed by atoms with Crippen LogP contribution >= 0.6 is 7.82 Å². The monoisotopic (exact) mass is 863 g/mol. The Morgan fingerprint density at radius 3 is 0.919 bits per heavy atom. The first kappa shape index (κ1) is 43.7. The van der Waals surface area contributed by atoms with Crippen LogP contribution in [0.2, 0.25) is 0 Å². The van der Waals surface area contributed by atoms with Gasteiger partial charge in [-0.3, -0.25) is 31.3 Å². The third-order valence-corrected chi connectivity index (χ3v) is 8.74. The van der Waals surface area contributed by atoms with Gasteiger partial charge in [0, 0.05) is 16.7 Å². The minimum absolute atomic E-state index is 0.170. The summed E-state index contributed by atoms with van der Waals surface area (Å²) in [5, 5.41) is 37.2. The van der Waals surface area contributed by atoms with Gasteiger partial charge in [-0.15, -0.1) is 0 Å². The number of fused-ring (bicyclic) bond motifs is 3. The minimum atomic E-state index is -4.64. The Labute approximate surface area is 352 Å². The smallest absolute Gasteiger partial charge is 0.368 e. The van der Waals surface area contributed by atoms with Crippen molar-refractivity contribution in [1.29, 1.82) is 16.2 Å². The molecule has 0 fully saturated rings. The molecule has 6 aromatic rings. The van der Waals surface area contributed by atoms with Crippen LogP contribution in [-0.2, 0) is 4.57 Å². The number of hydrogen-bond donors (Lipinski definition) is 15. The van der Waals surface area contributed by atoms with Gasteiger partial charge < -0.3 is 47.8 Å². The molecule has 62 heavy (non-hydrogen) atoms. The van der Waals surface area contributed by atoms with Crippen LogP contribution in [0.5, 0.6) is 0 Å². The van der Waals surface area contributed by atoms with Crippen molar-refractivity contribution in [1.82, 2.24) is 44.9 Å². The highest BCUT2D eigenvalue weighted by Crippen LogP contribution is 2.32. The Kier molecular flexibility index (Phi) is 13.1. The molecule has 3 aromatic heterocycles. The van der Waals surface area contributed by atoms with Crippen LogP contribution in [-0.4, -0.2) is 97.1 Å². The maximum atomic E-state index is 8.88. The van der Waals surface area contributed by atoms with E-state index in [9.17, 15) is 0 Å². The van der Waals surface area contributed by atoms with Crippen LogP contribution in [0.4, 0.5) is 35.3 Å². The molecule has 0 bridgehead atoms. The molecule has 0 aliphatic carbocycles. The Bertz CT molecular complexity index is 2370. The van der Waals surface area contributed by atoms with E-state index < -0.39 is 7.82 Å². The fourth-order valence-electron chi connectivity index (χ4n) is 6.05. The number of benzene rings is 3. The molecule has 0 amide bonds. The summed E-state index contributed by atoms with van der Waals surface area (Å²) in [5.74, 6) is 19.9. The molecule has 0 radical (unpaired) electrons. The molecule has 9 rings (SSSR count). The maximum absolute atomic E-state index is 8.88. The molecular formula is C36H42N21O4P. The summed E-state index contributed by atoms with van der Waals surface area (Å²) in [5.41, 5.74) is 23.3. The predicted octanol–water partition coefficient (Wildman–Crippen LogP) is 0.901. The van der Waals surface area contributed by atoms with Crippen LogP contribution in [0.1, 0.15) is 16.7 Å². The summed E-state index contributed by atoms with van der Waals surface area (Å²) in [6, 6.07) is 28.6. The second-order valence-electron chi connectivity index (χ2n) is 13.0. The second-order valence-corrected chi connectivity index (χ2v) is 14.1. The first-order chi connectivity index (χ1) is 29.5. The summed E-state index contributed by atoms with van der Waals surface area (Å²) in [7, 11) is -4.64. The van der Waals surface area contributed by atoms with Gasteiger partial charge in [-0.05, 0) is 0 Å². The van der Waals surface area contributed by atoms with Gasteiger partial charge in [-0.2, -0.15) is 15.0 Å². The SMILES string of the molecule is N=C1c2c(nc(N)nc2-c2ccccc2)NCN1N.N=C1c2c(nc(N)nc2-c2ccccc2)NCN1N.N=C1c2c(nc(N)nc2-c2ccccc2)NCN1N.O=P(O)(O)O. The predicted molar refractivity (Wildman–Crippen MR) is 234 cm³/mol. The number of aromatic nitrogens is 6. The molecule has 25 nitrogen and oxygen atoms in total. The molecule has 0 saturated carbocycles. The van der Waals surface area contributed by atoms with Crippen molar-refractivity contribution in [2.45, 2.75) is 0 Å². The lowest BCUT2D eigenvalue weighted by Gasteiger charge is -2.28. The van der Waals surface area contributed by atoms with Crippen LogP contribution in [0, 0.1) is 16.2 Å². The highest BCUT2D eigenvalue weighted by Gasteiger charge is 2.28. The van der Waals surface area contributed by atoms with Crippen molar-refractivity contribution in [2.75, 3.05) is 53.2 Å². The number of amidine groups is 3. The van der Waals surface area contributed by atoms with E-state index >= 15 is 0 Å². The highest BCUT2D eigenvalue weighted by atomic mass is 31.2. The summed E-state index contributed by atoms with van der Waals surface area (Å²) in [6.45, 7) is 0.948. The number of phosphoric acid groups is 1. The summed E-state index contributed by atoms with van der Waals surface area (Å²) < 4.78 is 8.88. The van der Waals surface area contributed by atoms with Gasteiger partial charge in [0.15, 0.2) is 0 Å². The summed E-state index contributed by atoms with van der Waals surface area (Å²) in [4.78, 5) is 46.6. The number of rotatable bonds is 3. The largest absolute Gasteiger partial charge is 0.466 e. The number of nitrogens with one attached hydrogen (secondary N) is 6. The molecule has 3 aliphatic heterocycles. The van der Waals surface area contributed by atoms with Crippen molar-refractivity contribution in [3.8, 4) is 33.8 Å². The average molecular weight is 864 g/mol. The standard InChI is InChI=1S/3C12H13N7.H3O4P/c3*13-10-8-9(7-4-2-1-3-5-7)17-12(14)18-11(8)16-6-19(10)15;1-5(2,3)4/h3*1-5,13H,6,15H2,(H3,14,16,17,18);(H3,1,2,3,4). The van der Waals surface area contributed by atoms with Gasteiger partial charge in [0.25, 0.3) is 0 Å². The summed E-state index contributed by atoms with van der Waals surface area (Å²) in [6.07, 6.45) is 0. The van der Waals surface area contributed by atoms with Crippen molar-refractivity contribution in [2.24, 2.45) is 17.5 Å². The second kappa shape index (κ2) is 18.6. The van der Waals surface area contributed by atoms with E-state index in [0.29, 0.717) is 71.2 Å². The number of nitrogen functional groups attached to an aromatic ring is 3. The maximum Gasteiger partial charge on any atom is 0.466 e. The third kappa shape index (κ3) is 10.3. The lowest BCUT2D eigenvalue weighted by molar-refractivity contribution is 0.275. The van der Waals surface area contributed by atoms with Crippen LogP contribution in [0.15, 0.2) is 91.0 Å². The van der Waals surface area contributed by atoms with E-state index in [4.69, 9.17) is 70.2 Å². The van der Waals surface area contributed by atoms with Gasteiger partial charge in [0.1, 0.15) is 55.0 Å². The highest BCUT2D eigenvalue weighted by molar-refractivity contribution is 7.45. The molecule has 320 valence electrons. The number of hydrazine groups is 3. The topological polar surface area (TPSA) is 429 Å². The third-order valence-electron chi connectivity index (χ3n) is 8.74. The normalized spacial score (nSPS) is 13.8. The van der Waals surface area contributed by atoms with E-state index in [1.54, 1.807) is 0 Å². The minimum Gasteiger partial charge on any atom is -0.368 e. The van der Waals surface area contributed by atoms with Crippen molar-refractivity contribution in [3.05, 3.63) is 108 Å². The first-order valence-corrected chi connectivity index (χ1v) is 19.6. The van der Waals surface area contributed by atoms with Crippen LogP contribution in [0.3, 0.4) is 0 Å². The quantitative estimate of drug-likeness (QED) is 0.0868. The molecule has 21 N–H and O–H groups in total. The molecule has 0 saturated heterocycles. The number of anilines is 6. The molecule has 0 atom stereocenters. The van der Waals surface area contributed by atoms with Gasteiger partial charge in [0.05, 0.1) is 33.8 Å². The molecular weight excluding hydrogens is 822 g/mol. The Balaban J connectivity index is 0.000000147. The number of hydrogen-bond acceptors (Lipinski definition) is 19. The molecule has 3 aromatic carbocycles. The van der Waals surface area contributed by atoms with E-state index in [0.717, 1.165) is 16.7 Å². The van der Waals surface area contributed by atoms with Crippen molar-refractivity contribution < 1.29 is 19.2 Å². The Hall–Kier alpha value is -7.90. The van der Waals surface area contributed by atoms with Crippen molar-refractivity contribution >= 4 is 60.6 Å².